The van der Waals surface area contributed by atoms with Gasteiger partial charge in [-0.1, -0.05) is 24.6 Å². The maximum absolute atomic E-state index is 5.65. The molecule has 1 atom stereocenters. The number of nitrogens with two attached hydrogens (primary N) is 1. The third kappa shape index (κ3) is 4.67. The second-order valence-electron chi connectivity index (χ2n) is 5.17. The maximum atomic E-state index is 5.65. The quantitative estimate of drug-likeness (QED) is 0.805. The minimum atomic E-state index is 0.550. The molecule has 0 aliphatic carbocycles. The molecule has 2 N–H and O–H groups in total. The van der Waals surface area contributed by atoms with Gasteiger partial charge in [-0.3, -0.25) is 0 Å². The number of hydrogen-bond acceptors (Lipinski definition) is 3. The first-order chi connectivity index (χ1) is 8.56. The molecule has 0 fully saturated rings. The van der Waals surface area contributed by atoms with Crippen LogP contribution in [0.25, 0.3) is 0 Å². The van der Waals surface area contributed by atoms with Gasteiger partial charge < -0.3 is 15.4 Å². The second-order valence-corrected chi connectivity index (χ2v) is 5.17. The van der Waals surface area contributed by atoms with E-state index in [1.54, 1.807) is 7.11 Å². The van der Waals surface area contributed by atoms with Crippen molar-refractivity contribution in [2.24, 2.45) is 11.7 Å². The molecule has 3 heteroatoms. The SMILES string of the molecule is COc1ccc(C)cc1CCN(C)CC(C)CN. The summed E-state index contributed by atoms with van der Waals surface area (Å²) in [7, 11) is 3.88. The Bertz CT molecular complexity index is 366. The van der Waals surface area contributed by atoms with E-state index in [2.05, 4.69) is 37.9 Å². The molecule has 0 aliphatic rings. The van der Waals surface area contributed by atoms with Crippen LogP contribution in [0.4, 0.5) is 0 Å². The van der Waals surface area contributed by atoms with E-state index in [1.165, 1.54) is 11.1 Å². The Morgan fingerprint density at radius 3 is 2.72 bits per heavy atom. The molecule has 1 rings (SSSR count). The van der Waals surface area contributed by atoms with Gasteiger partial charge in [0.1, 0.15) is 5.75 Å². The maximum Gasteiger partial charge on any atom is 0.122 e. The number of likely N-dealkylation sites (N-methyl/N-ethyl adjacent to an activating group) is 1. The van der Waals surface area contributed by atoms with E-state index >= 15 is 0 Å². The van der Waals surface area contributed by atoms with E-state index in [0.717, 1.165) is 31.8 Å². The number of hydrogen-bond donors (Lipinski definition) is 1. The summed E-state index contributed by atoms with van der Waals surface area (Å²) in [4.78, 5) is 2.33. The first kappa shape index (κ1) is 15.0. The molecule has 1 aromatic rings. The lowest BCUT2D eigenvalue weighted by atomic mass is 10.1. The summed E-state index contributed by atoms with van der Waals surface area (Å²) in [6, 6.07) is 6.34. The topological polar surface area (TPSA) is 38.5 Å². The highest BCUT2D eigenvalue weighted by Gasteiger charge is 2.07. The molecule has 0 saturated heterocycles. The third-order valence-corrected chi connectivity index (χ3v) is 3.22. The monoisotopic (exact) mass is 250 g/mol. The second kappa shape index (κ2) is 7.39. The van der Waals surface area contributed by atoms with Gasteiger partial charge in [-0.25, -0.2) is 0 Å². The van der Waals surface area contributed by atoms with Crippen LogP contribution in [0.1, 0.15) is 18.1 Å². The highest BCUT2D eigenvalue weighted by atomic mass is 16.5. The highest BCUT2D eigenvalue weighted by Crippen LogP contribution is 2.20. The van der Waals surface area contributed by atoms with Crippen LogP contribution in [0.15, 0.2) is 18.2 Å². The van der Waals surface area contributed by atoms with Crippen molar-refractivity contribution in [3.8, 4) is 5.75 Å². The smallest absolute Gasteiger partial charge is 0.122 e. The molecule has 102 valence electrons. The minimum absolute atomic E-state index is 0.550. The van der Waals surface area contributed by atoms with Crippen molar-refractivity contribution in [3.05, 3.63) is 29.3 Å². The molecule has 3 nitrogen and oxygen atoms in total. The summed E-state index contributed by atoms with van der Waals surface area (Å²) >= 11 is 0. The summed E-state index contributed by atoms with van der Waals surface area (Å²) in [5.74, 6) is 1.54. The van der Waals surface area contributed by atoms with E-state index in [1.807, 2.05) is 6.07 Å². The van der Waals surface area contributed by atoms with Crippen molar-refractivity contribution in [1.82, 2.24) is 4.90 Å². The number of ether oxygens (including phenoxy) is 1. The standard InChI is InChI=1S/C15H26N2O/c1-12-5-6-15(18-4)14(9-12)7-8-17(3)11-13(2)10-16/h5-6,9,13H,7-8,10-11,16H2,1-4H3. The van der Waals surface area contributed by atoms with Crippen LogP contribution in [-0.4, -0.2) is 38.7 Å². The van der Waals surface area contributed by atoms with Crippen molar-refractivity contribution in [3.63, 3.8) is 0 Å². The van der Waals surface area contributed by atoms with Gasteiger partial charge in [-0.15, -0.1) is 0 Å². The van der Waals surface area contributed by atoms with Gasteiger partial charge in [-0.05, 0) is 44.5 Å². The zero-order valence-electron chi connectivity index (χ0n) is 12.1. The van der Waals surface area contributed by atoms with Gasteiger partial charge in [0.25, 0.3) is 0 Å². The lowest BCUT2D eigenvalue weighted by Gasteiger charge is -2.20. The summed E-state index contributed by atoms with van der Waals surface area (Å²) in [6.45, 7) is 7.12. The molecular weight excluding hydrogens is 224 g/mol. The molecule has 18 heavy (non-hydrogen) atoms. The Hall–Kier alpha value is -1.06. The zero-order chi connectivity index (χ0) is 13.5. The van der Waals surface area contributed by atoms with Gasteiger partial charge in [0.05, 0.1) is 7.11 Å². The number of aryl methyl sites for hydroxylation is 1. The fourth-order valence-corrected chi connectivity index (χ4v) is 2.11. The van der Waals surface area contributed by atoms with E-state index < -0.39 is 0 Å². The predicted molar refractivity (Wildman–Crippen MR) is 77.2 cm³/mol. The molecule has 0 aliphatic heterocycles. The minimum Gasteiger partial charge on any atom is -0.496 e. The molecule has 0 amide bonds. The predicted octanol–water partition coefficient (Wildman–Crippen LogP) is 2.07. The Morgan fingerprint density at radius 2 is 2.11 bits per heavy atom. The summed E-state index contributed by atoms with van der Waals surface area (Å²) in [5, 5.41) is 0. The lowest BCUT2D eigenvalue weighted by Crippen LogP contribution is -2.30. The van der Waals surface area contributed by atoms with E-state index in [4.69, 9.17) is 10.5 Å². The van der Waals surface area contributed by atoms with Gasteiger partial charge in [0.2, 0.25) is 0 Å². The van der Waals surface area contributed by atoms with Gasteiger partial charge >= 0.3 is 0 Å². The molecule has 1 unspecified atom stereocenters. The Balaban J connectivity index is 2.54. The lowest BCUT2D eigenvalue weighted by molar-refractivity contribution is 0.291. The fourth-order valence-electron chi connectivity index (χ4n) is 2.11. The molecule has 1 aromatic carbocycles. The average Bonchev–Trinajstić information content (AvgIpc) is 2.36. The van der Waals surface area contributed by atoms with Crippen LogP contribution in [0.3, 0.4) is 0 Å². The van der Waals surface area contributed by atoms with Gasteiger partial charge in [0.15, 0.2) is 0 Å². The first-order valence-corrected chi connectivity index (χ1v) is 6.59. The number of rotatable bonds is 7. The van der Waals surface area contributed by atoms with Crippen molar-refractivity contribution in [2.45, 2.75) is 20.3 Å². The van der Waals surface area contributed by atoms with Crippen LogP contribution in [0.2, 0.25) is 0 Å². The number of benzene rings is 1. The molecule has 0 spiro atoms. The van der Waals surface area contributed by atoms with Crippen molar-refractivity contribution in [1.29, 1.82) is 0 Å². The number of nitrogens with zero attached hydrogens (tertiary/aromatic N) is 1. The Kier molecular flexibility index (Phi) is 6.16. The Labute approximate surface area is 111 Å². The van der Waals surface area contributed by atoms with Crippen LogP contribution in [-0.2, 0) is 6.42 Å². The van der Waals surface area contributed by atoms with Gasteiger partial charge in [0, 0.05) is 13.1 Å². The molecule has 0 saturated carbocycles. The molecule has 0 bridgehead atoms. The molecule has 0 heterocycles. The van der Waals surface area contributed by atoms with Crippen LogP contribution < -0.4 is 10.5 Å². The summed E-state index contributed by atoms with van der Waals surface area (Å²) in [5.41, 5.74) is 8.21. The average molecular weight is 250 g/mol. The molecule has 0 radical (unpaired) electrons. The normalized spacial score (nSPS) is 12.8. The first-order valence-electron chi connectivity index (χ1n) is 6.59. The van der Waals surface area contributed by atoms with Crippen LogP contribution in [0, 0.1) is 12.8 Å². The molecule has 0 aromatic heterocycles. The fraction of sp³-hybridized carbons (Fsp3) is 0.600. The van der Waals surface area contributed by atoms with Crippen LogP contribution >= 0.6 is 0 Å². The van der Waals surface area contributed by atoms with Crippen molar-refractivity contribution in [2.75, 3.05) is 33.8 Å². The van der Waals surface area contributed by atoms with Gasteiger partial charge in [-0.2, -0.15) is 0 Å². The summed E-state index contributed by atoms with van der Waals surface area (Å²) < 4.78 is 5.40. The van der Waals surface area contributed by atoms with E-state index in [9.17, 15) is 0 Å². The van der Waals surface area contributed by atoms with E-state index in [-0.39, 0.29) is 0 Å². The molecular formula is C15H26N2O. The van der Waals surface area contributed by atoms with E-state index in [0.29, 0.717) is 5.92 Å². The third-order valence-electron chi connectivity index (χ3n) is 3.22. The highest BCUT2D eigenvalue weighted by molar-refractivity contribution is 5.37. The van der Waals surface area contributed by atoms with Crippen molar-refractivity contribution < 1.29 is 4.74 Å². The largest absolute Gasteiger partial charge is 0.496 e. The van der Waals surface area contributed by atoms with Crippen molar-refractivity contribution >= 4 is 0 Å². The zero-order valence-corrected chi connectivity index (χ0v) is 12.1. The number of methoxy groups -OCH3 is 1. The van der Waals surface area contributed by atoms with Crippen LogP contribution in [0.5, 0.6) is 5.75 Å². The Morgan fingerprint density at radius 1 is 1.39 bits per heavy atom. The summed E-state index contributed by atoms with van der Waals surface area (Å²) in [6.07, 6.45) is 1.01.